The molecule has 1 aromatic carbocycles. The van der Waals surface area contributed by atoms with Gasteiger partial charge < -0.3 is 4.52 Å². The standard InChI is InChI=1S/C12H9ClN4OS3/c1-19-11-15-16-12(21-11)20-6-9-14-10(17-18-9)7-2-4-8(13)5-3-7/h2-5H,6H2,1H3. The van der Waals surface area contributed by atoms with Crippen LogP contribution in [-0.2, 0) is 5.75 Å². The van der Waals surface area contributed by atoms with E-state index < -0.39 is 0 Å². The Morgan fingerprint density at radius 3 is 2.67 bits per heavy atom. The molecule has 0 bridgehead atoms. The first-order valence-corrected chi connectivity index (χ1v) is 9.24. The third-order valence-corrected chi connectivity index (χ3v) is 5.72. The first kappa shape index (κ1) is 14.8. The summed E-state index contributed by atoms with van der Waals surface area (Å²) in [7, 11) is 0. The van der Waals surface area contributed by atoms with Crippen molar-refractivity contribution in [2.75, 3.05) is 6.26 Å². The molecule has 0 radical (unpaired) electrons. The fourth-order valence-corrected chi connectivity index (χ4v) is 3.89. The highest BCUT2D eigenvalue weighted by Crippen LogP contribution is 2.29. The number of halogens is 1. The number of aromatic nitrogens is 4. The average Bonchev–Trinajstić information content (AvgIpc) is 3.15. The second-order valence-electron chi connectivity index (χ2n) is 3.85. The molecule has 0 amide bonds. The predicted molar refractivity (Wildman–Crippen MR) is 86.0 cm³/mol. The van der Waals surface area contributed by atoms with E-state index in [2.05, 4.69) is 20.3 Å². The number of nitrogens with zero attached hydrogens (tertiary/aromatic N) is 4. The highest BCUT2D eigenvalue weighted by Gasteiger charge is 2.11. The lowest BCUT2D eigenvalue weighted by Gasteiger charge is -1.93. The van der Waals surface area contributed by atoms with Crippen molar-refractivity contribution in [2.24, 2.45) is 0 Å². The van der Waals surface area contributed by atoms with E-state index >= 15 is 0 Å². The van der Waals surface area contributed by atoms with Gasteiger partial charge >= 0.3 is 0 Å². The number of rotatable bonds is 5. The summed E-state index contributed by atoms with van der Waals surface area (Å²) in [4.78, 5) is 4.36. The van der Waals surface area contributed by atoms with Gasteiger partial charge in [0.15, 0.2) is 8.68 Å². The summed E-state index contributed by atoms with van der Waals surface area (Å²) >= 11 is 10.5. The fraction of sp³-hybridized carbons (Fsp3) is 0.167. The van der Waals surface area contributed by atoms with E-state index in [1.165, 1.54) is 11.8 Å². The van der Waals surface area contributed by atoms with Crippen LogP contribution in [0, 0.1) is 0 Å². The molecule has 5 nitrogen and oxygen atoms in total. The quantitative estimate of drug-likeness (QED) is 0.633. The summed E-state index contributed by atoms with van der Waals surface area (Å²) in [5.74, 6) is 1.69. The van der Waals surface area contributed by atoms with Crippen molar-refractivity contribution in [3.63, 3.8) is 0 Å². The normalized spacial score (nSPS) is 11.0. The van der Waals surface area contributed by atoms with Crippen LogP contribution in [-0.4, -0.2) is 26.6 Å². The number of thioether (sulfide) groups is 2. The maximum absolute atomic E-state index is 5.85. The Hall–Kier alpha value is -1.09. The largest absolute Gasteiger partial charge is 0.338 e. The molecule has 2 heterocycles. The summed E-state index contributed by atoms with van der Waals surface area (Å²) in [5, 5.41) is 12.8. The van der Waals surface area contributed by atoms with Gasteiger partial charge in [-0.2, -0.15) is 4.98 Å². The van der Waals surface area contributed by atoms with Gasteiger partial charge in [-0.1, -0.05) is 51.6 Å². The molecule has 0 spiro atoms. The van der Waals surface area contributed by atoms with Gasteiger partial charge in [0.2, 0.25) is 11.7 Å². The van der Waals surface area contributed by atoms with Crippen LogP contribution in [0.25, 0.3) is 11.4 Å². The molecule has 0 saturated carbocycles. The minimum absolute atomic E-state index is 0.560. The first-order chi connectivity index (χ1) is 10.2. The van der Waals surface area contributed by atoms with Crippen LogP contribution in [0.4, 0.5) is 0 Å². The van der Waals surface area contributed by atoms with Crippen molar-refractivity contribution in [2.45, 2.75) is 14.4 Å². The van der Waals surface area contributed by atoms with Crippen molar-refractivity contribution >= 4 is 46.5 Å². The van der Waals surface area contributed by atoms with Crippen LogP contribution in [0.15, 0.2) is 37.5 Å². The summed E-state index contributed by atoms with van der Waals surface area (Å²) in [6.45, 7) is 0. The van der Waals surface area contributed by atoms with Crippen LogP contribution in [0.3, 0.4) is 0 Å². The van der Waals surface area contributed by atoms with E-state index in [-0.39, 0.29) is 0 Å². The van der Waals surface area contributed by atoms with E-state index in [0.717, 1.165) is 14.2 Å². The monoisotopic (exact) mass is 356 g/mol. The maximum atomic E-state index is 5.85. The molecule has 0 aliphatic rings. The Morgan fingerprint density at radius 1 is 1.19 bits per heavy atom. The highest BCUT2D eigenvalue weighted by molar-refractivity contribution is 8.02. The molecule has 0 unspecified atom stereocenters. The van der Waals surface area contributed by atoms with E-state index in [1.807, 2.05) is 18.4 Å². The van der Waals surface area contributed by atoms with Gasteiger partial charge in [0.05, 0.1) is 5.75 Å². The third kappa shape index (κ3) is 3.76. The van der Waals surface area contributed by atoms with Gasteiger partial charge in [-0.05, 0) is 30.5 Å². The molecular formula is C12H9ClN4OS3. The lowest BCUT2D eigenvalue weighted by molar-refractivity contribution is 0.391. The predicted octanol–water partition coefficient (Wildman–Crippen LogP) is 4.26. The number of benzene rings is 1. The minimum Gasteiger partial charge on any atom is -0.338 e. The zero-order chi connectivity index (χ0) is 14.7. The smallest absolute Gasteiger partial charge is 0.237 e. The maximum Gasteiger partial charge on any atom is 0.237 e. The summed E-state index contributed by atoms with van der Waals surface area (Å²) < 4.78 is 7.08. The molecule has 0 atom stereocenters. The molecule has 0 fully saturated rings. The number of hydrogen-bond acceptors (Lipinski definition) is 8. The summed E-state index contributed by atoms with van der Waals surface area (Å²) in [6.07, 6.45) is 1.98. The first-order valence-electron chi connectivity index (χ1n) is 5.83. The lowest BCUT2D eigenvalue weighted by Crippen LogP contribution is -1.82. The van der Waals surface area contributed by atoms with Crippen LogP contribution < -0.4 is 0 Å². The Labute approximate surface area is 138 Å². The molecule has 21 heavy (non-hydrogen) atoms. The topological polar surface area (TPSA) is 64.7 Å². The minimum atomic E-state index is 0.560. The van der Waals surface area contributed by atoms with Crippen molar-refractivity contribution in [3.05, 3.63) is 35.2 Å². The lowest BCUT2D eigenvalue weighted by atomic mass is 10.2. The zero-order valence-electron chi connectivity index (χ0n) is 10.8. The van der Waals surface area contributed by atoms with Crippen LogP contribution >= 0.6 is 46.5 Å². The number of hydrogen-bond donors (Lipinski definition) is 0. The molecular weight excluding hydrogens is 348 g/mol. The van der Waals surface area contributed by atoms with E-state index in [9.17, 15) is 0 Å². The molecule has 2 aromatic heterocycles. The van der Waals surface area contributed by atoms with Crippen molar-refractivity contribution < 1.29 is 4.52 Å². The SMILES string of the molecule is CSc1nnc(SCc2nc(-c3ccc(Cl)cc3)no2)s1. The summed E-state index contributed by atoms with van der Waals surface area (Å²) in [5.41, 5.74) is 0.875. The highest BCUT2D eigenvalue weighted by atomic mass is 35.5. The fourth-order valence-electron chi connectivity index (χ4n) is 1.49. The average molecular weight is 357 g/mol. The van der Waals surface area contributed by atoms with E-state index in [1.54, 1.807) is 35.2 Å². The van der Waals surface area contributed by atoms with Gasteiger partial charge in [-0.25, -0.2) is 0 Å². The van der Waals surface area contributed by atoms with Crippen molar-refractivity contribution in [1.82, 2.24) is 20.3 Å². The zero-order valence-corrected chi connectivity index (χ0v) is 14.0. The van der Waals surface area contributed by atoms with E-state index in [0.29, 0.717) is 22.5 Å². The van der Waals surface area contributed by atoms with Crippen LogP contribution in [0.5, 0.6) is 0 Å². The van der Waals surface area contributed by atoms with Gasteiger partial charge in [0.1, 0.15) is 0 Å². The Kier molecular flexibility index (Phi) is 4.79. The molecule has 108 valence electrons. The molecule has 0 N–H and O–H groups in total. The van der Waals surface area contributed by atoms with Gasteiger partial charge in [0, 0.05) is 10.6 Å². The van der Waals surface area contributed by atoms with Crippen molar-refractivity contribution in [1.29, 1.82) is 0 Å². The van der Waals surface area contributed by atoms with Gasteiger partial charge in [-0.3, -0.25) is 0 Å². The molecule has 9 heteroatoms. The molecule has 3 rings (SSSR count). The second-order valence-corrected chi connectivity index (χ2v) is 7.54. The molecule has 3 aromatic rings. The Balaban J connectivity index is 1.66. The third-order valence-electron chi connectivity index (χ3n) is 2.45. The van der Waals surface area contributed by atoms with Crippen LogP contribution in [0.2, 0.25) is 5.02 Å². The van der Waals surface area contributed by atoms with E-state index in [4.69, 9.17) is 16.1 Å². The molecule has 0 aliphatic carbocycles. The Morgan fingerprint density at radius 2 is 1.95 bits per heavy atom. The van der Waals surface area contributed by atoms with Crippen LogP contribution in [0.1, 0.15) is 5.89 Å². The molecule has 0 aliphatic heterocycles. The second kappa shape index (κ2) is 6.78. The van der Waals surface area contributed by atoms with Gasteiger partial charge in [0.25, 0.3) is 0 Å². The van der Waals surface area contributed by atoms with Crippen molar-refractivity contribution in [3.8, 4) is 11.4 Å². The summed E-state index contributed by atoms with van der Waals surface area (Å²) in [6, 6.07) is 7.32. The molecule has 0 saturated heterocycles. The van der Waals surface area contributed by atoms with Gasteiger partial charge in [-0.15, -0.1) is 10.2 Å². The Bertz CT molecular complexity index is 728.